The predicted octanol–water partition coefficient (Wildman–Crippen LogP) is 2.71. The highest BCUT2D eigenvalue weighted by atomic mass is 31.2. The zero-order valence-electron chi connectivity index (χ0n) is 11.7. The van der Waals surface area contributed by atoms with E-state index in [-0.39, 0.29) is 0 Å². The molecule has 0 spiro atoms. The van der Waals surface area contributed by atoms with E-state index in [1.807, 2.05) is 13.0 Å². The van der Waals surface area contributed by atoms with Crippen LogP contribution in [-0.2, 0) is 13.9 Å². The van der Waals surface area contributed by atoms with Crippen molar-refractivity contribution in [2.75, 3.05) is 13.3 Å². The van der Waals surface area contributed by atoms with Crippen LogP contribution in [0.25, 0.3) is 0 Å². The summed E-state index contributed by atoms with van der Waals surface area (Å²) in [5.74, 6) is 0.461. The van der Waals surface area contributed by atoms with E-state index in [4.69, 9.17) is 14.6 Å². The SMILES string of the molecule is CC1=CCN(OCOP(=O)(O)O)C(C2CCCCC2)=C1. The molecule has 20 heavy (non-hydrogen) atoms. The number of rotatable bonds is 5. The maximum atomic E-state index is 10.7. The Labute approximate surface area is 119 Å². The smallest absolute Gasteiger partial charge is 0.303 e. The van der Waals surface area contributed by atoms with E-state index in [9.17, 15) is 4.57 Å². The first-order valence-corrected chi connectivity index (χ1v) is 8.47. The number of nitrogens with zero attached hydrogens (tertiary/aromatic N) is 1. The minimum atomic E-state index is -4.48. The second-order valence-electron chi connectivity index (χ2n) is 5.28. The number of hydroxylamine groups is 2. The fraction of sp³-hybridized carbons (Fsp3) is 0.692. The molecule has 1 aliphatic heterocycles. The molecule has 1 saturated carbocycles. The van der Waals surface area contributed by atoms with Gasteiger partial charge in [-0.2, -0.15) is 0 Å². The molecule has 0 bridgehead atoms. The lowest BCUT2D eigenvalue weighted by molar-refractivity contribution is -0.183. The van der Waals surface area contributed by atoms with Gasteiger partial charge in [-0.1, -0.05) is 30.9 Å². The predicted molar refractivity (Wildman–Crippen MR) is 74.2 cm³/mol. The minimum Gasteiger partial charge on any atom is -0.303 e. The van der Waals surface area contributed by atoms with Crippen LogP contribution in [-0.4, -0.2) is 28.2 Å². The lowest BCUT2D eigenvalue weighted by Gasteiger charge is -2.34. The minimum absolute atomic E-state index is 0.443. The quantitative estimate of drug-likeness (QED) is 0.600. The summed E-state index contributed by atoms with van der Waals surface area (Å²) in [5, 5.41) is 1.69. The molecule has 1 heterocycles. The van der Waals surface area contributed by atoms with Gasteiger partial charge in [0.15, 0.2) is 6.79 Å². The third-order valence-corrected chi connectivity index (χ3v) is 4.14. The van der Waals surface area contributed by atoms with E-state index in [0.717, 1.165) is 18.5 Å². The lowest BCUT2D eigenvalue weighted by Crippen LogP contribution is -2.31. The summed E-state index contributed by atoms with van der Waals surface area (Å²) in [6, 6.07) is 0. The largest absolute Gasteiger partial charge is 0.471 e. The molecule has 0 aromatic rings. The molecule has 2 aliphatic rings. The van der Waals surface area contributed by atoms with E-state index in [2.05, 4.69) is 10.6 Å². The highest BCUT2D eigenvalue weighted by molar-refractivity contribution is 7.46. The summed E-state index contributed by atoms with van der Waals surface area (Å²) < 4.78 is 15.0. The average molecular weight is 303 g/mol. The van der Waals surface area contributed by atoms with Crippen molar-refractivity contribution < 1.29 is 23.7 Å². The van der Waals surface area contributed by atoms with Crippen LogP contribution in [0, 0.1) is 5.92 Å². The zero-order valence-corrected chi connectivity index (χ0v) is 12.6. The van der Waals surface area contributed by atoms with E-state index < -0.39 is 14.6 Å². The van der Waals surface area contributed by atoms with Crippen molar-refractivity contribution in [1.29, 1.82) is 0 Å². The van der Waals surface area contributed by atoms with Crippen molar-refractivity contribution in [3.63, 3.8) is 0 Å². The second-order valence-corrected chi connectivity index (χ2v) is 6.52. The van der Waals surface area contributed by atoms with Crippen LogP contribution >= 0.6 is 7.82 Å². The Morgan fingerprint density at radius 2 is 2.05 bits per heavy atom. The molecule has 0 aromatic carbocycles. The maximum Gasteiger partial charge on any atom is 0.471 e. The summed E-state index contributed by atoms with van der Waals surface area (Å²) in [4.78, 5) is 22.7. The standard InChI is InChI=1S/C13H22NO5P/c1-11-7-8-14(18-10-19-20(15,16)17)13(9-11)12-5-3-2-4-6-12/h7,9,12H,2-6,8,10H2,1H3,(H2,15,16,17). The van der Waals surface area contributed by atoms with Crippen LogP contribution in [0.4, 0.5) is 0 Å². The van der Waals surface area contributed by atoms with Gasteiger partial charge in [0.25, 0.3) is 0 Å². The molecule has 0 amide bonds. The monoisotopic (exact) mass is 303 g/mol. The normalized spacial score (nSPS) is 21.6. The molecule has 2 N–H and O–H groups in total. The van der Waals surface area contributed by atoms with Gasteiger partial charge in [0.1, 0.15) is 0 Å². The molecule has 0 unspecified atom stereocenters. The fourth-order valence-corrected chi connectivity index (χ4v) is 2.88. The van der Waals surface area contributed by atoms with Crippen molar-refractivity contribution in [3.8, 4) is 0 Å². The number of phosphoric acid groups is 1. The zero-order chi connectivity index (χ0) is 14.6. The summed E-state index contributed by atoms with van der Waals surface area (Å²) in [5.41, 5.74) is 2.29. The molecule has 6 nitrogen and oxygen atoms in total. The van der Waals surface area contributed by atoms with Crippen LogP contribution in [0.2, 0.25) is 0 Å². The molecular weight excluding hydrogens is 281 g/mol. The maximum absolute atomic E-state index is 10.7. The fourth-order valence-electron chi connectivity index (χ4n) is 2.70. The summed E-state index contributed by atoms with van der Waals surface area (Å²) in [6.45, 7) is 2.19. The summed E-state index contributed by atoms with van der Waals surface area (Å²) in [6.07, 6.45) is 10.1. The molecule has 0 radical (unpaired) electrons. The van der Waals surface area contributed by atoms with Gasteiger partial charge in [0.05, 0.1) is 6.54 Å². The molecule has 0 atom stereocenters. The molecule has 1 aliphatic carbocycles. The Balaban J connectivity index is 1.96. The Morgan fingerprint density at radius 1 is 1.35 bits per heavy atom. The van der Waals surface area contributed by atoms with Crippen LogP contribution in [0.1, 0.15) is 39.0 Å². The lowest BCUT2D eigenvalue weighted by atomic mass is 9.85. The van der Waals surface area contributed by atoms with Gasteiger partial charge in [-0.15, -0.1) is 0 Å². The van der Waals surface area contributed by atoms with Crippen LogP contribution in [0.15, 0.2) is 23.4 Å². The first-order chi connectivity index (χ1) is 9.46. The van der Waals surface area contributed by atoms with Gasteiger partial charge in [0, 0.05) is 11.6 Å². The Kier molecular flexibility index (Phi) is 5.41. The molecule has 0 saturated heterocycles. The molecular formula is C13H22NO5P. The van der Waals surface area contributed by atoms with Crippen molar-refractivity contribution in [3.05, 3.63) is 23.4 Å². The van der Waals surface area contributed by atoms with Crippen molar-refractivity contribution >= 4 is 7.82 Å². The highest BCUT2D eigenvalue weighted by Crippen LogP contribution is 2.37. The first-order valence-electron chi connectivity index (χ1n) is 6.94. The molecule has 114 valence electrons. The third-order valence-electron chi connectivity index (χ3n) is 3.70. The van der Waals surface area contributed by atoms with Gasteiger partial charge in [-0.05, 0) is 25.8 Å². The molecule has 0 aromatic heterocycles. The Bertz CT molecular complexity index is 436. The first kappa shape index (κ1) is 15.7. The Morgan fingerprint density at radius 3 is 2.70 bits per heavy atom. The molecule has 1 fully saturated rings. The number of hydrogen-bond donors (Lipinski definition) is 2. The van der Waals surface area contributed by atoms with Gasteiger partial charge in [-0.3, -0.25) is 9.59 Å². The van der Waals surface area contributed by atoms with E-state index in [1.165, 1.54) is 24.8 Å². The third kappa shape index (κ3) is 4.72. The van der Waals surface area contributed by atoms with Gasteiger partial charge < -0.3 is 9.79 Å². The Hall–Kier alpha value is -0.650. The van der Waals surface area contributed by atoms with E-state index in [0.29, 0.717) is 12.5 Å². The topological polar surface area (TPSA) is 79.2 Å². The number of phosphoric ester groups is 1. The van der Waals surface area contributed by atoms with E-state index in [1.54, 1.807) is 5.06 Å². The van der Waals surface area contributed by atoms with Crippen LogP contribution in [0.5, 0.6) is 0 Å². The van der Waals surface area contributed by atoms with Gasteiger partial charge in [-0.25, -0.2) is 9.40 Å². The van der Waals surface area contributed by atoms with Gasteiger partial charge >= 0.3 is 7.82 Å². The highest BCUT2D eigenvalue weighted by Gasteiger charge is 2.25. The van der Waals surface area contributed by atoms with Crippen molar-refractivity contribution in [1.82, 2.24) is 5.06 Å². The summed E-state index contributed by atoms with van der Waals surface area (Å²) in [7, 11) is -4.48. The van der Waals surface area contributed by atoms with Crippen LogP contribution < -0.4 is 0 Å². The van der Waals surface area contributed by atoms with Crippen molar-refractivity contribution in [2.24, 2.45) is 5.92 Å². The second kappa shape index (κ2) is 6.87. The van der Waals surface area contributed by atoms with Gasteiger partial charge in [0.2, 0.25) is 0 Å². The number of allylic oxidation sites excluding steroid dienone is 3. The van der Waals surface area contributed by atoms with Crippen LogP contribution in [0.3, 0.4) is 0 Å². The summed E-state index contributed by atoms with van der Waals surface area (Å²) >= 11 is 0. The van der Waals surface area contributed by atoms with Crippen molar-refractivity contribution in [2.45, 2.75) is 39.0 Å². The van der Waals surface area contributed by atoms with E-state index >= 15 is 0 Å². The average Bonchev–Trinajstić information content (AvgIpc) is 2.40. The molecule has 2 rings (SSSR count). The molecule has 7 heteroatoms. The number of hydrogen-bond acceptors (Lipinski definition) is 4.